The van der Waals surface area contributed by atoms with E-state index in [0.717, 1.165) is 25.7 Å². The largest absolute Gasteiger partial charge is 0.385 e. The fourth-order valence-electron chi connectivity index (χ4n) is 5.54. The summed E-state index contributed by atoms with van der Waals surface area (Å²) in [6, 6.07) is 0. The van der Waals surface area contributed by atoms with Crippen molar-refractivity contribution in [2.45, 2.75) is 89.0 Å². The molecule has 17 heteroatoms. The number of hydrogen-bond donors (Lipinski definition) is 5. The van der Waals surface area contributed by atoms with Crippen molar-refractivity contribution in [3.8, 4) is 37.0 Å². The summed E-state index contributed by atoms with van der Waals surface area (Å²) in [5.74, 6) is 5.73. The number of ether oxygens (including phenoxy) is 7. The molecule has 0 rings (SSSR count). The molecule has 0 spiro atoms. The minimum atomic E-state index is -1.12. The molecule has 17 nitrogen and oxygen atoms in total. The Bertz CT molecular complexity index is 1170. The van der Waals surface area contributed by atoms with Gasteiger partial charge in [0.05, 0.1) is 59.5 Å². The lowest BCUT2D eigenvalue weighted by molar-refractivity contribution is -0.128. The van der Waals surface area contributed by atoms with Gasteiger partial charge in [0, 0.05) is 77.5 Å². The number of unbranched alkanes of at least 4 members (excludes halogenated alkanes) is 3. The monoisotopic (exact) mass is 850 g/mol. The van der Waals surface area contributed by atoms with Crippen LogP contribution in [0.3, 0.4) is 0 Å². The Morgan fingerprint density at radius 2 is 0.783 bits per heavy atom. The molecule has 0 heterocycles. The third-order valence-corrected chi connectivity index (χ3v) is 8.68. The normalized spacial score (nSPS) is 10.8. The fourth-order valence-corrected chi connectivity index (χ4v) is 5.54. The van der Waals surface area contributed by atoms with Gasteiger partial charge in [-0.05, 0) is 38.5 Å². The standard InChI is InChI=1S/C43H71N5O12/c1-5-25-55-32-35-58-29-22-45-39(50)15-18-43(19-16-40(51)46-23-30-59-36-33-56-26-6-2,20-17-41(52)47-24-31-60-37-34-57-27-7-3)48-42(53)14-12-13-38(49)44-21-10-8-9-11-28-54-4/h1-3H,8-37H2,4H3,(H,44,49)(H,45,50)(H,46,51)(H,47,52)(H,48,53). The Balaban J connectivity index is 5.58. The third-order valence-electron chi connectivity index (χ3n) is 8.68. The molecule has 5 N–H and O–H groups in total. The molecule has 0 aliphatic rings. The highest BCUT2D eigenvalue weighted by molar-refractivity contribution is 5.81. The number of nitrogens with one attached hydrogen (secondary N) is 5. The van der Waals surface area contributed by atoms with Crippen molar-refractivity contribution in [2.75, 3.05) is 119 Å². The average molecular weight is 850 g/mol. The quantitative estimate of drug-likeness (QED) is 0.0431. The van der Waals surface area contributed by atoms with Crippen LogP contribution in [0.2, 0.25) is 0 Å². The van der Waals surface area contributed by atoms with Crippen LogP contribution < -0.4 is 26.6 Å². The topological polar surface area (TPSA) is 210 Å². The maximum absolute atomic E-state index is 13.5. The van der Waals surface area contributed by atoms with Crippen molar-refractivity contribution in [3.63, 3.8) is 0 Å². The van der Waals surface area contributed by atoms with Gasteiger partial charge < -0.3 is 59.7 Å². The molecule has 0 aromatic heterocycles. The first kappa shape index (κ1) is 55.8. The number of terminal acetylenes is 3. The molecule has 0 bridgehead atoms. The average Bonchev–Trinajstić information content (AvgIpc) is 3.23. The molecule has 0 radical (unpaired) electrons. The van der Waals surface area contributed by atoms with E-state index < -0.39 is 5.54 Å². The summed E-state index contributed by atoms with van der Waals surface area (Å²) in [6.45, 7) is 5.21. The van der Waals surface area contributed by atoms with Gasteiger partial charge in [-0.25, -0.2) is 0 Å². The molecule has 0 fully saturated rings. The minimum absolute atomic E-state index is 0.00610. The predicted octanol–water partition coefficient (Wildman–Crippen LogP) is 1.02. The van der Waals surface area contributed by atoms with Gasteiger partial charge in [0.2, 0.25) is 29.5 Å². The first-order valence-corrected chi connectivity index (χ1v) is 20.9. The highest BCUT2D eigenvalue weighted by Gasteiger charge is 2.33. The summed E-state index contributed by atoms with van der Waals surface area (Å²) in [7, 11) is 1.67. The van der Waals surface area contributed by atoms with Crippen LogP contribution in [0.15, 0.2) is 0 Å². The van der Waals surface area contributed by atoms with E-state index in [0.29, 0.717) is 59.2 Å². The molecule has 5 amide bonds. The molecule has 0 unspecified atom stereocenters. The molecule has 60 heavy (non-hydrogen) atoms. The smallest absolute Gasteiger partial charge is 0.220 e. The third kappa shape index (κ3) is 36.8. The number of amides is 5. The molecule has 0 saturated heterocycles. The molecular weight excluding hydrogens is 778 g/mol. The number of carbonyl (C=O) groups is 5. The van der Waals surface area contributed by atoms with Gasteiger partial charge in [0.15, 0.2) is 0 Å². The van der Waals surface area contributed by atoms with E-state index in [1.165, 1.54) is 0 Å². The van der Waals surface area contributed by atoms with Crippen LogP contribution in [0.5, 0.6) is 0 Å². The number of carbonyl (C=O) groups excluding carboxylic acids is 5. The Morgan fingerprint density at radius 1 is 0.417 bits per heavy atom. The van der Waals surface area contributed by atoms with E-state index in [-0.39, 0.29) is 140 Å². The van der Waals surface area contributed by atoms with Crippen molar-refractivity contribution >= 4 is 29.5 Å². The highest BCUT2D eigenvalue weighted by atomic mass is 16.5. The second kappa shape index (κ2) is 41.5. The SMILES string of the molecule is C#CCOCCOCCNC(=O)CCC(CCC(=O)NCCOCCOCC#C)(CCC(=O)NCCOCCOCC#C)NC(=O)CCCC(=O)NCCCCCCOC. The van der Waals surface area contributed by atoms with E-state index in [1.807, 2.05) is 0 Å². The van der Waals surface area contributed by atoms with Crippen molar-refractivity contribution < 1.29 is 57.1 Å². The van der Waals surface area contributed by atoms with Crippen LogP contribution >= 0.6 is 0 Å². The van der Waals surface area contributed by atoms with Crippen molar-refractivity contribution in [3.05, 3.63) is 0 Å². The highest BCUT2D eigenvalue weighted by Crippen LogP contribution is 2.26. The Morgan fingerprint density at radius 3 is 1.20 bits per heavy atom. The summed E-state index contributed by atoms with van der Waals surface area (Å²) >= 11 is 0. The maximum Gasteiger partial charge on any atom is 0.220 e. The van der Waals surface area contributed by atoms with Gasteiger partial charge in [0.25, 0.3) is 0 Å². The van der Waals surface area contributed by atoms with Crippen LogP contribution in [-0.4, -0.2) is 154 Å². The first-order valence-electron chi connectivity index (χ1n) is 20.9. The van der Waals surface area contributed by atoms with Crippen LogP contribution in [-0.2, 0) is 57.1 Å². The Labute approximate surface area is 357 Å². The van der Waals surface area contributed by atoms with Gasteiger partial charge in [-0.15, -0.1) is 19.3 Å². The second-order valence-electron chi connectivity index (χ2n) is 13.6. The van der Waals surface area contributed by atoms with E-state index >= 15 is 0 Å². The summed E-state index contributed by atoms with van der Waals surface area (Å²) in [5.41, 5.74) is -1.12. The van der Waals surface area contributed by atoms with Crippen LogP contribution in [0.4, 0.5) is 0 Å². The van der Waals surface area contributed by atoms with Gasteiger partial charge in [-0.1, -0.05) is 30.6 Å². The summed E-state index contributed by atoms with van der Waals surface area (Å²) < 4.78 is 37.0. The molecular formula is C43H71N5O12. The van der Waals surface area contributed by atoms with E-state index in [4.69, 9.17) is 52.4 Å². The lowest BCUT2D eigenvalue weighted by Gasteiger charge is -2.35. The molecule has 0 aromatic carbocycles. The summed E-state index contributed by atoms with van der Waals surface area (Å²) in [4.78, 5) is 65.0. The van der Waals surface area contributed by atoms with Crippen molar-refractivity contribution in [1.29, 1.82) is 0 Å². The van der Waals surface area contributed by atoms with E-state index in [2.05, 4.69) is 44.3 Å². The molecule has 0 aliphatic heterocycles. The lowest BCUT2D eigenvalue weighted by atomic mass is 9.82. The number of hydrogen-bond acceptors (Lipinski definition) is 12. The summed E-state index contributed by atoms with van der Waals surface area (Å²) in [5, 5.41) is 14.4. The van der Waals surface area contributed by atoms with Gasteiger partial charge in [0.1, 0.15) is 19.8 Å². The Kier molecular flexibility index (Phi) is 38.5. The van der Waals surface area contributed by atoms with Crippen molar-refractivity contribution in [2.24, 2.45) is 0 Å². The molecule has 0 aromatic rings. The van der Waals surface area contributed by atoms with Crippen LogP contribution in [0, 0.1) is 37.0 Å². The molecule has 0 aliphatic carbocycles. The zero-order valence-corrected chi connectivity index (χ0v) is 35.8. The number of rotatable bonds is 42. The zero-order valence-electron chi connectivity index (χ0n) is 35.8. The Hall–Kier alpha value is -4.25. The van der Waals surface area contributed by atoms with E-state index in [9.17, 15) is 24.0 Å². The number of methoxy groups -OCH3 is 1. The maximum atomic E-state index is 13.5. The lowest BCUT2D eigenvalue weighted by Crippen LogP contribution is -2.50. The minimum Gasteiger partial charge on any atom is -0.385 e. The summed E-state index contributed by atoms with van der Waals surface area (Å²) in [6.07, 6.45) is 20.2. The van der Waals surface area contributed by atoms with E-state index in [1.54, 1.807) is 7.11 Å². The predicted molar refractivity (Wildman–Crippen MR) is 226 cm³/mol. The molecule has 0 saturated carbocycles. The van der Waals surface area contributed by atoms with Crippen LogP contribution in [0.1, 0.15) is 83.5 Å². The second-order valence-corrected chi connectivity index (χ2v) is 13.6. The fraction of sp³-hybridized carbons (Fsp3) is 0.744. The van der Waals surface area contributed by atoms with Gasteiger partial charge >= 0.3 is 0 Å². The molecule has 340 valence electrons. The van der Waals surface area contributed by atoms with Gasteiger partial charge in [-0.3, -0.25) is 24.0 Å². The molecule has 0 atom stereocenters. The van der Waals surface area contributed by atoms with Crippen LogP contribution in [0.25, 0.3) is 0 Å². The zero-order chi connectivity index (χ0) is 44.2. The van der Waals surface area contributed by atoms with Crippen molar-refractivity contribution in [1.82, 2.24) is 26.6 Å². The first-order chi connectivity index (χ1) is 29.2. The van der Waals surface area contributed by atoms with Gasteiger partial charge in [-0.2, -0.15) is 0 Å².